The molecular formula is C25H28N6O. The molecule has 0 aliphatic carbocycles. The Kier molecular flexibility index (Phi) is 5.17. The van der Waals surface area contributed by atoms with E-state index >= 15 is 0 Å². The van der Waals surface area contributed by atoms with Crippen LogP contribution in [0, 0.1) is 20.8 Å². The second kappa shape index (κ2) is 8.15. The van der Waals surface area contributed by atoms with Gasteiger partial charge in [0.25, 0.3) is 5.78 Å². The van der Waals surface area contributed by atoms with Crippen molar-refractivity contribution >= 4 is 17.3 Å². The summed E-state index contributed by atoms with van der Waals surface area (Å²) in [5.41, 5.74) is 6.06. The average molecular weight is 429 g/mol. The molecule has 0 bridgehead atoms. The van der Waals surface area contributed by atoms with Crippen LogP contribution < -0.4 is 15.5 Å². The van der Waals surface area contributed by atoms with Gasteiger partial charge in [0.1, 0.15) is 5.82 Å². The van der Waals surface area contributed by atoms with E-state index < -0.39 is 0 Å². The number of hydrogen-bond donors (Lipinski definition) is 0. The Morgan fingerprint density at radius 1 is 0.875 bits per heavy atom. The number of benzene rings is 2. The zero-order chi connectivity index (χ0) is 22.2. The van der Waals surface area contributed by atoms with Gasteiger partial charge in [0.05, 0.1) is 6.54 Å². The molecule has 0 atom stereocenters. The summed E-state index contributed by atoms with van der Waals surface area (Å²) in [4.78, 5) is 22.2. The van der Waals surface area contributed by atoms with Crippen LogP contribution in [-0.2, 0) is 6.54 Å². The normalized spacial score (nSPS) is 14.3. The number of aromatic nitrogens is 4. The lowest BCUT2D eigenvalue weighted by atomic mass is 10.1. The van der Waals surface area contributed by atoms with Gasteiger partial charge >= 0.3 is 5.69 Å². The second-order valence-corrected chi connectivity index (χ2v) is 8.57. The number of piperazine rings is 1. The molecule has 0 amide bonds. The fourth-order valence-corrected chi connectivity index (χ4v) is 4.30. The Balaban J connectivity index is 1.33. The van der Waals surface area contributed by atoms with E-state index in [1.54, 1.807) is 6.20 Å². The smallest absolute Gasteiger partial charge is 0.351 e. The number of aryl methyl sites for hydroxylation is 2. The summed E-state index contributed by atoms with van der Waals surface area (Å²) < 4.78 is 3.00. The standard InChI is InChI=1S/C25H28N6O/c1-18-7-9-21(10-8-18)17-31-25(32)30-12-11-23(26-24(30)27-31)29-15-13-28(14-16-29)22-6-4-5-19(2)20(22)3/h4-12H,13-17H2,1-3H3. The van der Waals surface area contributed by atoms with Crippen LogP contribution in [0.4, 0.5) is 11.5 Å². The highest BCUT2D eigenvalue weighted by Gasteiger charge is 2.21. The first-order valence-corrected chi connectivity index (χ1v) is 11.1. The van der Waals surface area contributed by atoms with E-state index in [4.69, 9.17) is 4.98 Å². The summed E-state index contributed by atoms with van der Waals surface area (Å²) in [7, 11) is 0. The monoisotopic (exact) mass is 428 g/mol. The predicted octanol–water partition coefficient (Wildman–Crippen LogP) is 3.19. The Morgan fingerprint density at radius 3 is 2.34 bits per heavy atom. The van der Waals surface area contributed by atoms with Crippen molar-refractivity contribution in [1.82, 2.24) is 19.2 Å². The lowest BCUT2D eigenvalue weighted by Crippen LogP contribution is -2.47. The molecule has 0 N–H and O–H groups in total. The van der Waals surface area contributed by atoms with E-state index in [-0.39, 0.29) is 5.69 Å². The number of rotatable bonds is 4. The summed E-state index contributed by atoms with van der Waals surface area (Å²) in [6.45, 7) is 10.5. The van der Waals surface area contributed by atoms with Crippen LogP contribution in [0.3, 0.4) is 0 Å². The van der Waals surface area contributed by atoms with Crippen molar-refractivity contribution in [3.63, 3.8) is 0 Å². The van der Waals surface area contributed by atoms with Crippen LogP contribution in [0.5, 0.6) is 0 Å². The van der Waals surface area contributed by atoms with Gasteiger partial charge in [-0.05, 0) is 49.6 Å². The number of nitrogens with zero attached hydrogens (tertiary/aromatic N) is 6. The molecule has 0 unspecified atom stereocenters. The topological polar surface area (TPSA) is 58.7 Å². The molecule has 3 heterocycles. The Labute approximate surface area is 187 Å². The SMILES string of the molecule is Cc1ccc(Cn2nc3nc(N4CCN(c5cccc(C)c5C)CC4)ccn3c2=O)cc1. The third-order valence-electron chi connectivity index (χ3n) is 6.41. The van der Waals surface area contributed by atoms with E-state index in [9.17, 15) is 4.79 Å². The highest BCUT2D eigenvalue weighted by atomic mass is 16.2. The summed E-state index contributed by atoms with van der Waals surface area (Å²) in [6, 6.07) is 16.6. The van der Waals surface area contributed by atoms with Crippen molar-refractivity contribution in [3.05, 3.63) is 87.5 Å². The van der Waals surface area contributed by atoms with Gasteiger partial charge in [0.2, 0.25) is 0 Å². The first kappa shape index (κ1) is 20.3. The third kappa shape index (κ3) is 3.75. The molecule has 7 nitrogen and oxygen atoms in total. The quantitative estimate of drug-likeness (QED) is 0.500. The second-order valence-electron chi connectivity index (χ2n) is 8.57. The van der Waals surface area contributed by atoms with E-state index in [1.165, 1.54) is 31.5 Å². The average Bonchev–Trinajstić information content (AvgIpc) is 3.12. The van der Waals surface area contributed by atoms with Gasteiger partial charge in [-0.3, -0.25) is 0 Å². The van der Waals surface area contributed by atoms with Crippen molar-refractivity contribution in [3.8, 4) is 0 Å². The molecule has 7 heteroatoms. The Morgan fingerprint density at radius 2 is 1.59 bits per heavy atom. The molecule has 2 aromatic heterocycles. The van der Waals surface area contributed by atoms with Crippen molar-refractivity contribution in [2.75, 3.05) is 36.0 Å². The minimum Gasteiger partial charge on any atom is -0.368 e. The molecular weight excluding hydrogens is 400 g/mol. The molecule has 0 radical (unpaired) electrons. The zero-order valence-electron chi connectivity index (χ0n) is 18.8. The van der Waals surface area contributed by atoms with Crippen molar-refractivity contribution in [2.45, 2.75) is 27.3 Å². The van der Waals surface area contributed by atoms with Crippen LogP contribution >= 0.6 is 0 Å². The summed E-state index contributed by atoms with van der Waals surface area (Å²) in [6.07, 6.45) is 1.79. The number of hydrogen-bond acceptors (Lipinski definition) is 5. The van der Waals surface area contributed by atoms with Crippen LogP contribution in [0.25, 0.3) is 5.78 Å². The summed E-state index contributed by atoms with van der Waals surface area (Å²) in [5.74, 6) is 1.31. The molecule has 4 aromatic rings. The highest BCUT2D eigenvalue weighted by Crippen LogP contribution is 2.25. The molecule has 1 aliphatic rings. The summed E-state index contributed by atoms with van der Waals surface area (Å²) in [5, 5.41) is 4.49. The van der Waals surface area contributed by atoms with Gasteiger partial charge < -0.3 is 9.80 Å². The van der Waals surface area contributed by atoms with Gasteiger partial charge in [0.15, 0.2) is 0 Å². The summed E-state index contributed by atoms with van der Waals surface area (Å²) >= 11 is 0. The van der Waals surface area contributed by atoms with E-state index in [2.05, 4.69) is 46.9 Å². The molecule has 1 saturated heterocycles. The van der Waals surface area contributed by atoms with Gasteiger partial charge in [-0.25, -0.2) is 13.9 Å². The Hall–Kier alpha value is -3.61. The molecule has 1 fully saturated rings. The fourth-order valence-electron chi connectivity index (χ4n) is 4.30. The maximum Gasteiger partial charge on any atom is 0.351 e. The molecule has 164 valence electrons. The van der Waals surface area contributed by atoms with E-state index in [1.807, 2.05) is 37.3 Å². The van der Waals surface area contributed by atoms with E-state index in [0.717, 1.165) is 37.6 Å². The van der Waals surface area contributed by atoms with Crippen LogP contribution in [0.2, 0.25) is 0 Å². The molecule has 32 heavy (non-hydrogen) atoms. The molecule has 0 spiro atoms. The minimum atomic E-state index is -0.167. The zero-order valence-corrected chi connectivity index (χ0v) is 18.8. The molecule has 1 aliphatic heterocycles. The highest BCUT2D eigenvalue weighted by molar-refractivity contribution is 5.57. The van der Waals surface area contributed by atoms with Gasteiger partial charge in [-0.2, -0.15) is 4.98 Å². The molecule has 5 rings (SSSR count). The predicted molar refractivity (Wildman–Crippen MR) is 128 cm³/mol. The maximum absolute atomic E-state index is 12.7. The first-order valence-electron chi connectivity index (χ1n) is 11.1. The van der Waals surface area contributed by atoms with Crippen molar-refractivity contribution < 1.29 is 0 Å². The number of anilines is 2. The van der Waals surface area contributed by atoms with Crippen LogP contribution in [-0.4, -0.2) is 45.3 Å². The van der Waals surface area contributed by atoms with Gasteiger partial charge in [-0.15, -0.1) is 5.10 Å². The van der Waals surface area contributed by atoms with Gasteiger partial charge in [0, 0.05) is 38.1 Å². The third-order valence-corrected chi connectivity index (χ3v) is 6.41. The largest absolute Gasteiger partial charge is 0.368 e. The lowest BCUT2D eigenvalue weighted by Gasteiger charge is -2.37. The lowest BCUT2D eigenvalue weighted by molar-refractivity contribution is 0.645. The first-order chi connectivity index (χ1) is 15.5. The van der Waals surface area contributed by atoms with E-state index in [0.29, 0.717) is 12.3 Å². The molecule has 0 saturated carbocycles. The van der Waals surface area contributed by atoms with Crippen molar-refractivity contribution in [1.29, 1.82) is 0 Å². The fraction of sp³-hybridized carbons (Fsp3) is 0.320. The maximum atomic E-state index is 12.7. The molecule has 2 aromatic carbocycles. The van der Waals surface area contributed by atoms with Crippen molar-refractivity contribution in [2.24, 2.45) is 0 Å². The van der Waals surface area contributed by atoms with Gasteiger partial charge in [-0.1, -0.05) is 42.0 Å². The number of fused-ring (bicyclic) bond motifs is 1. The van der Waals surface area contributed by atoms with Crippen LogP contribution in [0.15, 0.2) is 59.5 Å². The minimum absolute atomic E-state index is 0.167. The Bertz CT molecular complexity index is 1310. The van der Waals surface area contributed by atoms with Crippen LogP contribution in [0.1, 0.15) is 22.3 Å².